The highest BCUT2D eigenvalue weighted by Gasteiger charge is 2.39. The van der Waals surface area contributed by atoms with Crippen molar-refractivity contribution in [3.63, 3.8) is 0 Å². The molecule has 0 fully saturated rings. The van der Waals surface area contributed by atoms with Crippen LogP contribution < -0.4 is 16.5 Å². The third-order valence-corrected chi connectivity index (χ3v) is 5.65. The summed E-state index contributed by atoms with van der Waals surface area (Å²) in [6.07, 6.45) is 20.1. The number of nitrogen functional groups attached to an aromatic ring is 1. The van der Waals surface area contributed by atoms with Crippen LogP contribution in [0.25, 0.3) is 5.57 Å². The van der Waals surface area contributed by atoms with E-state index in [-0.39, 0.29) is 5.54 Å². The number of nitrogens with zero attached hydrogens (tertiary/aromatic N) is 2. The monoisotopic (exact) mass is 457 g/mol. The van der Waals surface area contributed by atoms with E-state index in [9.17, 15) is 4.39 Å². The van der Waals surface area contributed by atoms with Crippen molar-refractivity contribution in [2.24, 2.45) is 5.10 Å². The normalized spacial score (nSPS) is 20.5. The predicted molar refractivity (Wildman–Crippen MR) is 141 cm³/mol. The summed E-state index contributed by atoms with van der Waals surface area (Å²) < 4.78 is 13.2. The lowest BCUT2D eigenvalue weighted by Gasteiger charge is -2.29. The van der Waals surface area contributed by atoms with Crippen LogP contribution in [0, 0.1) is 0 Å². The molecule has 0 spiro atoms. The first-order chi connectivity index (χ1) is 16.3. The van der Waals surface area contributed by atoms with Gasteiger partial charge in [-0.25, -0.2) is 4.39 Å². The molecule has 176 valence electrons. The van der Waals surface area contributed by atoms with Gasteiger partial charge in [-0.05, 0) is 69.1 Å². The fourth-order valence-electron chi connectivity index (χ4n) is 3.88. The van der Waals surface area contributed by atoms with Crippen molar-refractivity contribution in [2.75, 3.05) is 5.73 Å². The number of nitrogens with two attached hydrogens (primary N) is 1. The van der Waals surface area contributed by atoms with E-state index in [0.717, 1.165) is 40.1 Å². The lowest BCUT2D eigenvalue weighted by Crippen LogP contribution is -2.39. The first-order valence-electron chi connectivity index (χ1n) is 11.2. The van der Waals surface area contributed by atoms with Crippen molar-refractivity contribution < 1.29 is 4.39 Å². The summed E-state index contributed by atoms with van der Waals surface area (Å²) in [7, 11) is 0. The molecule has 2 heterocycles. The maximum atomic E-state index is 13.2. The van der Waals surface area contributed by atoms with Crippen LogP contribution in [0.4, 0.5) is 10.1 Å². The number of hydrogen-bond acceptors (Lipinski definition) is 5. The first kappa shape index (κ1) is 24.7. The number of fused-ring (bicyclic) bond motifs is 1. The zero-order valence-electron chi connectivity index (χ0n) is 20.0. The van der Waals surface area contributed by atoms with E-state index in [0.29, 0.717) is 17.8 Å². The molecule has 0 bridgehead atoms. The summed E-state index contributed by atoms with van der Waals surface area (Å²) in [5.74, 6) is -0.461. The lowest BCUT2D eigenvalue weighted by atomic mass is 9.80. The zero-order valence-corrected chi connectivity index (χ0v) is 20.0. The number of rotatable bonds is 9. The van der Waals surface area contributed by atoms with E-state index in [2.05, 4.69) is 53.1 Å². The van der Waals surface area contributed by atoms with Crippen LogP contribution in [0.1, 0.15) is 39.2 Å². The lowest BCUT2D eigenvalue weighted by molar-refractivity contribution is 0.463. The van der Waals surface area contributed by atoms with Crippen molar-refractivity contribution >= 4 is 17.0 Å². The number of nitrogens with one attached hydrogen (secondary N) is 2. The van der Waals surface area contributed by atoms with Crippen molar-refractivity contribution in [2.45, 2.75) is 39.2 Å². The van der Waals surface area contributed by atoms with Crippen molar-refractivity contribution in [1.82, 2.24) is 15.7 Å². The highest BCUT2D eigenvalue weighted by molar-refractivity contribution is 6.16. The van der Waals surface area contributed by atoms with Gasteiger partial charge in [0.05, 0.1) is 16.9 Å². The van der Waals surface area contributed by atoms with Gasteiger partial charge in [-0.15, -0.1) is 0 Å². The van der Waals surface area contributed by atoms with E-state index in [1.54, 1.807) is 6.20 Å². The third kappa shape index (κ3) is 5.90. The minimum atomic E-state index is -0.461. The van der Waals surface area contributed by atoms with Crippen LogP contribution in [0.5, 0.6) is 0 Å². The predicted octanol–water partition coefficient (Wildman–Crippen LogP) is 6.03. The molecule has 34 heavy (non-hydrogen) atoms. The van der Waals surface area contributed by atoms with Gasteiger partial charge in [0.2, 0.25) is 0 Å². The SMILES string of the molecule is C=C(F)/C=C(\C=C/C)C/C=C\C(=C/C)NC(=C)C1=NNC2(C)CC=C(c3cncc(N)c3)C=C12. The molecule has 0 amide bonds. The molecule has 0 saturated carbocycles. The molecule has 0 aromatic carbocycles. The number of hydrogen-bond donors (Lipinski definition) is 3. The van der Waals surface area contributed by atoms with Crippen molar-refractivity contribution in [3.8, 4) is 0 Å². The Kier molecular flexibility index (Phi) is 7.84. The van der Waals surface area contributed by atoms with Crippen LogP contribution in [0.15, 0.2) is 114 Å². The summed E-state index contributed by atoms with van der Waals surface area (Å²) in [5, 5.41) is 7.95. The molecule has 0 radical (unpaired) electrons. The molecule has 1 unspecified atom stereocenters. The van der Waals surface area contributed by atoms with E-state index in [1.165, 1.54) is 6.08 Å². The summed E-state index contributed by atoms with van der Waals surface area (Å²) >= 11 is 0. The quantitative estimate of drug-likeness (QED) is 0.396. The van der Waals surface area contributed by atoms with Crippen LogP contribution in [-0.2, 0) is 0 Å². The Morgan fingerprint density at radius 3 is 2.76 bits per heavy atom. The molecule has 3 rings (SSSR count). The molecule has 1 aromatic rings. The molecular weight excluding hydrogens is 425 g/mol. The van der Waals surface area contributed by atoms with Crippen LogP contribution in [-0.4, -0.2) is 16.2 Å². The average Bonchev–Trinajstić information content (AvgIpc) is 3.14. The molecule has 5 nitrogen and oxygen atoms in total. The molecule has 2 aliphatic rings. The second kappa shape index (κ2) is 10.8. The second-order valence-corrected chi connectivity index (χ2v) is 8.45. The molecule has 0 saturated heterocycles. The number of hydrazone groups is 1. The number of anilines is 1. The van der Waals surface area contributed by atoms with Gasteiger partial charge in [-0.3, -0.25) is 10.4 Å². The number of halogens is 1. The molecule has 1 atom stereocenters. The third-order valence-electron chi connectivity index (χ3n) is 5.65. The van der Waals surface area contributed by atoms with Gasteiger partial charge >= 0.3 is 0 Å². The average molecular weight is 458 g/mol. The van der Waals surface area contributed by atoms with Gasteiger partial charge in [-0.1, -0.05) is 43.5 Å². The number of aromatic nitrogens is 1. The molecule has 6 heteroatoms. The van der Waals surface area contributed by atoms with Crippen molar-refractivity contribution in [3.05, 3.63) is 114 Å². The number of pyridine rings is 1. The Hall–Kier alpha value is -3.93. The van der Waals surface area contributed by atoms with Gasteiger partial charge in [0.1, 0.15) is 11.5 Å². The van der Waals surface area contributed by atoms with Crippen LogP contribution >= 0.6 is 0 Å². The van der Waals surface area contributed by atoms with Gasteiger partial charge in [-0.2, -0.15) is 5.10 Å². The molecular formula is C28H32FN5. The topological polar surface area (TPSA) is 75.3 Å². The largest absolute Gasteiger partial charge is 0.397 e. The van der Waals surface area contributed by atoms with Gasteiger partial charge in [0.25, 0.3) is 0 Å². The molecule has 1 aliphatic carbocycles. The molecule has 4 N–H and O–H groups in total. The Balaban J connectivity index is 1.75. The van der Waals surface area contributed by atoms with Crippen LogP contribution in [0.3, 0.4) is 0 Å². The van der Waals surface area contributed by atoms with Gasteiger partial charge in [0, 0.05) is 29.2 Å². The first-order valence-corrected chi connectivity index (χ1v) is 11.2. The summed E-state index contributed by atoms with van der Waals surface area (Å²) in [6, 6.07) is 1.92. The maximum absolute atomic E-state index is 13.2. The smallest absolute Gasteiger partial charge is 0.116 e. The minimum absolute atomic E-state index is 0.302. The van der Waals surface area contributed by atoms with E-state index >= 15 is 0 Å². The highest BCUT2D eigenvalue weighted by atomic mass is 19.1. The Morgan fingerprint density at radius 2 is 2.09 bits per heavy atom. The highest BCUT2D eigenvalue weighted by Crippen LogP contribution is 2.37. The Morgan fingerprint density at radius 1 is 1.29 bits per heavy atom. The summed E-state index contributed by atoms with van der Waals surface area (Å²) in [6.45, 7) is 13.5. The summed E-state index contributed by atoms with van der Waals surface area (Å²) in [4.78, 5) is 4.22. The molecule has 1 aliphatic heterocycles. The zero-order chi connectivity index (χ0) is 24.7. The fourth-order valence-corrected chi connectivity index (χ4v) is 3.88. The second-order valence-electron chi connectivity index (χ2n) is 8.45. The van der Waals surface area contributed by atoms with Gasteiger partial charge < -0.3 is 11.1 Å². The van der Waals surface area contributed by atoms with Crippen LogP contribution in [0.2, 0.25) is 0 Å². The summed E-state index contributed by atoms with van der Waals surface area (Å²) in [5.41, 5.74) is 15.8. The fraction of sp³-hybridized carbons (Fsp3) is 0.214. The van der Waals surface area contributed by atoms with E-state index in [1.807, 2.05) is 56.5 Å². The molecule has 1 aromatic heterocycles. The Labute approximate surface area is 201 Å². The van der Waals surface area contributed by atoms with Crippen molar-refractivity contribution in [1.29, 1.82) is 0 Å². The van der Waals surface area contributed by atoms with Gasteiger partial charge in [0.15, 0.2) is 0 Å². The Bertz CT molecular complexity index is 1190. The standard InChI is InChI=1S/C28H32FN5/c1-6-9-21(14-19(3)29)10-8-11-25(7-2)32-20(4)27-26-16-22(12-13-28(26,5)34-33-27)23-15-24(30)18-31-17-23/h6-9,11-12,14-18,32,34H,3-4,10,13,30H2,1-2,5H3/b9-6-,11-8-,21-14+,25-7+. The minimum Gasteiger partial charge on any atom is -0.397 e. The maximum Gasteiger partial charge on any atom is 0.116 e. The van der Waals surface area contributed by atoms with E-state index < -0.39 is 5.83 Å². The number of allylic oxidation sites excluding steroid dienone is 11. The van der Waals surface area contributed by atoms with E-state index in [4.69, 9.17) is 5.73 Å².